The molecule has 1 saturated heterocycles. The number of carbonyl (C=O) groups is 1. The summed E-state index contributed by atoms with van der Waals surface area (Å²) in [5, 5.41) is 6.57. The summed E-state index contributed by atoms with van der Waals surface area (Å²) in [5.74, 6) is 1.41. The fraction of sp³-hybridized carbons (Fsp3) is 0.579. The van der Waals surface area contributed by atoms with Crippen LogP contribution >= 0.6 is 0 Å². The van der Waals surface area contributed by atoms with Crippen LogP contribution in [0.2, 0.25) is 0 Å². The van der Waals surface area contributed by atoms with Crippen molar-refractivity contribution in [3.8, 4) is 0 Å². The molecule has 26 heavy (non-hydrogen) atoms. The van der Waals surface area contributed by atoms with Crippen LogP contribution in [0.3, 0.4) is 0 Å². The van der Waals surface area contributed by atoms with Crippen LogP contribution in [0.4, 0.5) is 10.1 Å². The normalized spacial score (nSPS) is 23.0. The number of hydrogen-bond acceptors (Lipinski definition) is 3. The molecule has 2 fully saturated rings. The van der Waals surface area contributed by atoms with Crippen molar-refractivity contribution in [3.63, 3.8) is 0 Å². The molecule has 1 amide bonds. The number of benzene rings is 1. The maximum atomic E-state index is 13.0. The number of rotatable bonds is 5. The number of halogens is 1. The third kappa shape index (κ3) is 4.86. The Balaban J connectivity index is 1.37. The van der Waals surface area contributed by atoms with Gasteiger partial charge in [0.05, 0.1) is 0 Å². The summed E-state index contributed by atoms with van der Waals surface area (Å²) in [4.78, 5) is 20.7. The molecule has 7 heteroatoms. The fourth-order valence-corrected chi connectivity index (χ4v) is 3.21. The molecule has 1 heterocycles. The van der Waals surface area contributed by atoms with Gasteiger partial charge in [0.15, 0.2) is 5.96 Å². The molecule has 2 atom stereocenters. The largest absolute Gasteiger partial charge is 0.368 e. The van der Waals surface area contributed by atoms with E-state index in [9.17, 15) is 9.18 Å². The Hall–Kier alpha value is -2.31. The standard InChI is InChI=1S/C19H28FN5O/c1-14-13-17(14)23-19(21-2)22-8-7-18(26)25-11-9-24(10-12-25)16-5-3-15(20)4-6-16/h3-6,14,17H,7-13H2,1-2H3,(H2,21,22,23). The first-order valence-electron chi connectivity index (χ1n) is 9.32. The first kappa shape index (κ1) is 18.5. The van der Waals surface area contributed by atoms with E-state index < -0.39 is 0 Å². The number of nitrogens with one attached hydrogen (secondary N) is 2. The lowest BCUT2D eigenvalue weighted by Gasteiger charge is -2.36. The van der Waals surface area contributed by atoms with E-state index >= 15 is 0 Å². The van der Waals surface area contributed by atoms with Crippen LogP contribution in [0, 0.1) is 11.7 Å². The first-order chi connectivity index (χ1) is 12.6. The van der Waals surface area contributed by atoms with E-state index in [1.165, 1.54) is 18.6 Å². The molecule has 3 rings (SSSR count). The van der Waals surface area contributed by atoms with Crippen LogP contribution in [0.25, 0.3) is 0 Å². The lowest BCUT2D eigenvalue weighted by Crippen LogP contribution is -2.49. The Bertz CT molecular complexity index is 640. The average molecular weight is 361 g/mol. The molecule has 0 radical (unpaired) electrons. The number of nitrogens with zero attached hydrogens (tertiary/aromatic N) is 3. The Kier molecular flexibility index (Phi) is 5.96. The van der Waals surface area contributed by atoms with Gasteiger partial charge in [0, 0.05) is 57.9 Å². The van der Waals surface area contributed by atoms with Crippen LogP contribution < -0.4 is 15.5 Å². The minimum Gasteiger partial charge on any atom is -0.368 e. The lowest BCUT2D eigenvalue weighted by molar-refractivity contribution is -0.131. The molecular formula is C19H28FN5O. The summed E-state index contributed by atoms with van der Waals surface area (Å²) in [6, 6.07) is 7.03. The van der Waals surface area contributed by atoms with E-state index in [4.69, 9.17) is 0 Å². The highest BCUT2D eigenvalue weighted by molar-refractivity contribution is 5.81. The predicted octanol–water partition coefficient (Wildman–Crippen LogP) is 1.44. The van der Waals surface area contributed by atoms with Gasteiger partial charge in [-0.3, -0.25) is 9.79 Å². The summed E-state index contributed by atoms with van der Waals surface area (Å²) in [6.45, 7) is 5.73. The zero-order chi connectivity index (χ0) is 18.5. The van der Waals surface area contributed by atoms with Crippen molar-refractivity contribution in [3.05, 3.63) is 30.1 Å². The quantitative estimate of drug-likeness (QED) is 0.615. The molecular weight excluding hydrogens is 333 g/mol. The van der Waals surface area contributed by atoms with Crippen LogP contribution in [0.1, 0.15) is 19.8 Å². The topological polar surface area (TPSA) is 60.0 Å². The number of carbonyl (C=O) groups excluding carboxylic acids is 1. The average Bonchev–Trinajstić information content (AvgIpc) is 3.36. The van der Waals surface area contributed by atoms with Crippen molar-refractivity contribution < 1.29 is 9.18 Å². The van der Waals surface area contributed by atoms with Gasteiger partial charge < -0.3 is 20.4 Å². The van der Waals surface area contributed by atoms with Gasteiger partial charge in [-0.25, -0.2) is 4.39 Å². The van der Waals surface area contributed by atoms with Crippen molar-refractivity contribution in [1.82, 2.24) is 15.5 Å². The van der Waals surface area contributed by atoms with E-state index in [1.54, 1.807) is 19.2 Å². The zero-order valence-electron chi connectivity index (χ0n) is 15.5. The van der Waals surface area contributed by atoms with Crippen molar-refractivity contribution in [1.29, 1.82) is 0 Å². The number of hydrogen-bond donors (Lipinski definition) is 2. The number of amides is 1. The van der Waals surface area contributed by atoms with E-state index in [1.807, 2.05) is 4.90 Å². The maximum absolute atomic E-state index is 13.0. The van der Waals surface area contributed by atoms with Gasteiger partial charge in [-0.2, -0.15) is 0 Å². The third-order valence-electron chi connectivity index (χ3n) is 5.11. The van der Waals surface area contributed by atoms with Gasteiger partial charge in [0.25, 0.3) is 0 Å². The minimum atomic E-state index is -0.226. The minimum absolute atomic E-state index is 0.159. The zero-order valence-corrected chi connectivity index (χ0v) is 15.5. The van der Waals surface area contributed by atoms with E-state index in [2.05, 4.69) is 27.4 Å². The molecule has 2 unspecified atom stereocenters. The Morgan fingerprint density at radius 2 is 1.88 bits per heavy atom. The molecule has 142 valence electrons. The smallest absolute Gasteiger partial charge is 0.224 e. The van der Waals surface area contributed by atoms with Crippen molar-refractivity contribution >= 4 is 17.6 Å². The molecule has 1 saturated carbocycles. The summed E-state index contributed by atoms with van der Waals surface area (Å²) in [7, 11) is 1.75. The summed E-state index contributed by atoms with van der Waals surface area (Å²) >= 11 is 0. The van der Waals surface area contributed by atoms with Crippen LogP contribution in [0.5, 0.6) is 0 Å². The molecule has 2 aliphatic rings. The second-order valence-electron chi connectivity index (χ2n) is 7.06. The summed E-state index contributed by atoms with van der Waals surface area (Å²) in [6.07, 6.45) is 1.63. The van der Waals surface area contributed by atoms with Gasteiger partial charge in [-0.1, -0.05) is 6.92 Å². The monoisotopic (exact) mass is 361 g/mol. The summed E-state index contributed by atoms with van der Waals surface area (Å²) < 4.78 is 13.0. The van der Waals surface area contributed by atoms with Gasteiger partial charge in [-0.05, 0) is 36.6 Å². The SMILES string of the molecule is CN=C(NCCC(=O)N1CCN(c2ccc(F)cc2)CC1)NC1CC1C. The maximum Gasteiger partial charge on any atom is 0.224 e. The van der Waals surface area contributed by atoms with E-state index in [0.717, 1.165) is 24.7 Å². The second-order valence-corrected chi connectivity index (χ2v) is 7.06. The molecule has 0 spiro atoms. The Morgan fingerprint density at radius 3 is 2.46 bits per heavy atom. The Labute approximate surface area is 154 Å². The molecule has 1 aliphatic carbocycles. The highest BCUT2D eigenvalue weighted by atomic mass is 19.1. The van der Waals surface area contributed by atoms with Gasteiger partial charge in [-0.15, -0.1) is 0 Å². The number of guanidine groups is 1. The number of piperazine rings is 1. The lowest BCUT2D eigenvalue weighted by atomic mass is 10.2. The van der Waals surface area contributed by atoms with Crippen molar-refractivity contribution in [2.45, 2.75) is 25.8 Å². The van der Waals surface area contributed by atoms with Gasteiger partial charge in [0.1, 0.15) is 5.82 Å². The Morgan fingerprint density at radius 1 is 1.23 bits per heavy atom. The van der Waals surface area contributed by atoms with Gasteiger partial charge >= 0.3 is 0 Å². The molecule has 0 bridgehead atoms. The first-order valence-corrected chi connectivity index (χ1v) is 9.32. The molecule has 6 nitrogen and oxygen atoms in total. The molecule has 1 aromatic rings. The van der Waals surface area contributed by atoms with Crippen molar-refractivity contribution in [2.24, 2.45) is 10.9 Å². The number of aliphatic imine (C=N–C) groups is 1. The highest BCUT2D eigenvalue weighted by Gasteiger charge is 2.33. The molecule has 1 aromatic carbocycles. The highest BCUT2D eigenvalue weighted by Crippen LogP contribution is 2.28. The molecule has 1 aliphatic heterocycles. The van der Waals surface area contributed by atoms with Crippen LogP contribution in [-0.4, -0.2) is 62.6 Å². The van der Waals surface area contributed by atoms with E-state index in [0.29, 0.717) is 38.0 Å². The van der Waals surface area contributed by atoms with Crippen LogP contribution in [0.15, 0.2) is 29.3 Å². The number of anilines is 1. The molecule has 2 N–H and O–H groups in total. The summed E-state index contributed by atoms with van der Waals surface area (Å²) in [5.41, 5.74) is 1.00. The fourth-order valence-electron chi connectivity index (χ4n) is 3.21. The van der Waals surface area contributed by atoms with Crippen LogP contribution in [-0.2, 0) is 4.79 Å². The van der Waals surface area contributed by atoms with Crippen molar-refractivity contribution in [2.75, 3.05) is 44.7 Å². The third-order valence-corrected chi connectivity index (χ3v) is 5.11. The predicted molar refractivity (Wildman–Crippen MR) is 102 cm³/mol. The second kappa shape index (κ2) is 8.38. The van der Waals surface area contributed by atoms with E-state index in [-0.39, 0.29) is 11.7 Å². The molecule has 0 aromatic heterocycles. The van der Waals surface area contributed by atoms with Gasteiger partial charge in [0.2, 0.25) is 5.91 Å².